The van der Waals surface area contributed by atoms with Gasteiger partial charge in [0, 0.05) is 25.2 Å². The van der Waals surface area contributed by atoms with Gasteiger partial charge in [0.15, 0.2) is 5.82 Å². The molecule has 0 bridgehead atoms. The molecule has 0 atom stereocenters. The van der Waals surface area contributed by atoms with Crippen molar-refractivity contribution in [1.82, 2.24) is 15.0 Å². The molecule has 3 aromatic heterocycles. The summed E-state index contributed by atoms with van der Waals surface area (Å²) in [5.41, 5.74) is 1.48. The van der Waals surface area contributed by atoms with Crippen LogP contribution in [0.15, 0.2) is 24.5 Å². The number of hydrogen-bond donors (Lipinski definition) is 1. The number of carbonyl (C=O) groups excluding carboxylic acids is 1. The largest absolute Gasteiger partial charge is 0.480 e. The molecule has 0 aromatic carbocycles. The zero-order valence-corrected chi connectivity index (χ0v) is 14.3. The summed E-state index contributed by atoms with van der Waals surface area (Å²) in [4.78, 5) is 26.6. The first-order valence-corrected chi connectivity index (χ1v) is 8.00. The van der Waals surface area contributed by atoms with Crippen molar-refractivity contribution in [2.45, 2.75) is 13.5 Å². The first kappa shape index (κ1) is 16.3. The molecule has 0 radical (unpaired) electrons. The van der Waals surface area contributed by atoms with Gasteiger partial charge in [0.05, 0.1) is 17.4 Å². The van der Waals surface area contributed by atoms with Crippen molar-refractivity contribution in [2.24, 2.45) is 0 Å². The SMILES string of the molecule is COCc1nc(OC)c2c(C)c(C(=O)Nc3ccncc3)sc2n1. The van der Waals surface area contributed by atoms with Crippen LogP contribution in [-0.4, -0.2) is 35.1 Å². The van der Waals surface area contributed by atoms with Crippen molar-refractivity contribution in [1.29, 1.82) is 0 Å². The molecule has 24 heavy (non-hydrogen) atoms. The van der Waals surface area contributed by atoms with Crippen LogP contribution < -0.4 is 10.1 Å². The average Bonchev–Trinajstić information content (AvgIpc) is 2.92. The van der Waals surface area contributed by atoms with E-state index in [9.17, 15) is 4.79 Å². The Bertz CT molecular complexity index is 880. The van der Waals surface area contributed by atoms with E-state index in [0.717, 1.165) is 10.9 Å². The number of aryl methyl sites for hydroxylation is 1. The Morgan fingerprint density at radius 1 is 1.25 bits per heavy atom. The fourth-order valence-corrected chi connectivity index (χ4v) is 3.41. The minimum atomic E-state index is -0.197. The smallest absolute Gasteiger partial charge is 0.266 e. The maximum absolute atomic E-state index is 12.6. The summed E-state index contributed by atoms with van der Waals surface area (Å²) in [6, 6.07) is 3.47. The van der Waals surface area contributed by atoms with E-state index in [1.807, 2.05) is 6.92 Å². The third-order valence-corrected chi connectivity index (χ3v) is 4.60. The maximum atomic E-state index is 12.6. The number of nitrogens with one attached hydrogen (secondary N) is 1. The second kappa shape index (κ2) is 6.90. The van der Waals surface area contributed by atoms with Gasteiger partial charge in [-0.3, -0.25) is 9.78 Å². The number of nitrogens with zero attached hydrogens (tertiary/aromatic N) is 3. The third kappa shape index (κ3) is 3.06. The van der Waals surface area contributed by atoms with E-state index in [1.165, 1.54) is 11.3 Å². The Morgan fingerprint density at radius 3 is 2.67 bits per heavy atom. The molecular formula is C16H16N4O3S. The zero-order valence-electron chi connectivity index (χ0n) is 13.5. The number of aromatic nitrogens is 3. The van der Waals surface area contributed by atoms with Crippen molar-refractivity contribution >= 4 is 33.1 Å². The van der Waals surface area contributed by atoms with E-state index in [2.05, 4.69) is 20.3 Å². The van der Waals surface area contributed by atoms with Crippen molar-refractivity contribution in [3.05, 3.63) is 40.8 Å². The number of amides is 1. The topological polar surface area (TPSA) is 86.2 Å². The van der Waals surface area contributed by atoms with Crippen LogP contribution in [0.2, 0.25) is 0 Å². The van der Waals surface area contributed by atoms with Gasteiger partial charge >= 0.3 is 0 Å². The summed E-state index contributed by atoms with van der Waals surface area (Å²) >= 11 is 1.31. The van der Waals surface area contributed by atoms with Gasteiger partial charge in [-0.2, -0.15) is 4.98 Å². The van der Waals surface area contributed by atoms with Gasteiger partial charge in [0.2, 0.25) is 5.88 Å². The normalized spacial score (nSPS) is 10.8. The summed E-state index contributed by atoms with van der Waals surface area (Å²) in [7, 11) is 3.12. The molecule has 0 fully saturated rings. The van der Waals surface area contributed by atoms with Crippen molar-refractivity contribution in [3.8, 4) is 5.88 Å². The van der Waals surface area contributed by atoms with Crippen LogP contribution in [0.5, 0.6) is 5.88 Å². The molecule has 0 saturated heterocycles. The monoisotopic (exact) mass is 344 g/mol. The molecule has 1 N–H and O–H groups in total. The van der Waals surface area contributed by atoms with Crippen molar-refractivity contribution in [3.63, 3.8) is 0 Å². The number of thiophene rings is 1. The van der Waals surface area contributed by atoms with Crippen LogP contribution in [0, 0.1) is 6.92 Å². The second-order valence-electron chi connectivity index (χ2n) is 5.01. The van der Waals surface area contributed by atoms with Gasteiger partial charge in [-0.1, -0.05) is 0 Å². The molecule has 0 aliphatic rings. The summed E-state index contributed by atoms with van der Waals surface area (Å²) in [5, 5.41) is 3.61. The van der Waals surface area contributed by atoms with E-state index >= 15 is 0 Å². The molecule has 3 aromatic rings. The molecule has 124 valence electrons. The molecule has 1 amide bonds. The van der Waals surface area contributed by atoms with Crippen LogP contribution >= 0.6 is 11.3 Å². The Balaban J connectivity index is 2.02. The Labute approximate surface area is 142 Å². The zero-order chi connectivity index (χ0) is 17.1. The Kier molecular flexibility index (Phi) is 4.68. The van der Waals surface area contributed by atoms with Gasteiger partial charge in [-0.25, -0.2) is 4.98 Å². The molecule has 3 rings (SSSR count). The van der Waals surface area contributed by atoms with Crippen LogP contribution in [0.25, 0.3) is 10.2 Å². The lowest BCUT2D eigenvalue weighted by atomic mass is 10.2. The number of hydrogen-bond acceptors (Lipinski definition) is 7. The number of rotatable bonds is 5. The third-order valence-electron chi connectivity index (χ3n) is 3.41. The number of fused-ring (bicyclic) bond motifs is 1. The molecular weight excluding hydrogens is 328 g/mol. The standard InChI is InChI=1S/C16H16N4O3S/c1-9-12-15(23-3)19-11(8-22-2)20-16(12)24-13(9)14(21)18-10-4-6-17-7-5-10/h4-7H,8H2,1-3H3,(H,17,18,21). The van der Waals surface area contributed by atoms with Gasteiger partial charge in [-0.15, -0.1) is 11.3 Å². The quantitative estimate of drug-likeness (QED) is 0.766. The predicted molar refractivity (Wildman–Crippen MR) is 91.6 cm³/mol. The predicted octanol–water partition coefficient (Wildman–Crippen LogP) is 2.80. The fourth-order valence-electron chi connectivity index (χ4n) is 2.33. The lowest BCUT2D eigenvalue weighted by Gasteiger charge is -2.05. The van der Waals surface area contributed by atoms with Crippen LogP contribution in [0.1, 0.15) is 21.1 Å². The summed E-state index contributed by atoms with van der Waals surface area (Å²) in [6.45, 7) is 2.14. The van der Waals surface area contributed by atoms with E-state index in [0.29, 0.717) is 27.1 Å². The average molecular weight is 344 g/mol. The second-order valence-corrected chi connectivity index (χ2v) is 6.01. The lowest BCUT2D eigenvalue weighted by Crippen LogP contribution is -2.11. The molecule has 7 nitrogen and oxygen atoms in total. The minimum Gasteiger partial charge on any atom is -0.480 e. The van der Waals surface area contributed by atoms with Crippen LogP contribution in [0.4, 0.5) is 5.69 Å². The number of pyridine rings is 1. The van der Waals surface area contributed by atoms with Crippen molar-refractivity contribution < 1.29 is 14.3 Å². The van der Waals surface area contributed by atoms with Crippen LogP contribution in [-0.2, 0) is 11.3 Å². The highest BCUT2D eigenvalue weighted by Gasteiger charge is 2.21. The van der Waals surface area contributed by atoms with Gasteiger partial charge < -0.3 is 14.8 Å². The Morgan fingerprint density at radius 2 is 2.00 bits per heavy atom. The van der Waals surface area contributed by atoms with E-state index in [4.69, 9.17) is 9.47 Å². The minimum absolute atomic E-state index is 0.197. The first-order chi connectivity index (χ1) is 11.6. The number of methoxy groups -OCH3 is 2. The highest BCUT2D eigenvalue weighted by Crippen LogP contribution is 2.35. The summed E-state index contributed by atoms with van der Waals surface area (Å²) in [5.74, 6) is 0.769. The fraction of sp³-hybridized carbons (Fsp3) is 0.250. The van der Waals surface area contributed by atoms with Crippen LogP contribution in [0.3, 0.4) is 0 Å². The van der Waals surface area contributed by atoms with Crippen molar-refractivity contribution in [2.75, 3.05) is 19.5 Å². The molecule has 8 heteroatoms. The lowest BCUT2D eigenvalue weighted by molar-refractivity contribution is 0.103. The summed E-state index contributed by atoms with van der Waals surface area (Å²) < 4.78 is 10.4. The number of ether oxygens (including phenoxy) is 2. The molecule has 0 aliphatic heterocycles. The Hall–Kier alpha value is -2.58. The number of carbonyl (C=O) groups is 1. The molecule has 3 heterocycles. The van der Waals surface area contributed by atoms with E-state index in [-0.39, 0.29) is 12.5 Å². The summed E-state index contributed by atoms with van der Waals surface area (Å²) in [6.07, 6.45) is 3.25. The molecule has 0 spiro atoms. The van der Waals surface area contributed by atoms with Gasteiger partial charge in [0.1, 0.15) is 11.4 Å². The maximum Gasteiger partial charge on any atom is 0.266 e. The highest BCUT2D eigenvalue weighted by molar-refractivity contribution is 7.20. The first-order valence-electron chi connectivity index (χ1n) is 7.18. The van der Waals surface area contributed by atoms with Gasteiger partial charge in [0.25, 0.3) is 5.91 Å². The van der Waals surface area contributed by atoms with Gasteiger partial charge in [-0.05, 0) is 24.6 Å². The number of anilines is 1. The molecule has 0 aliphatic carbocycles. The van der Waals surface area contributed by atoms with E-state index in [1.54, 1.807) is 38.7 Å². The molecule has 0 saturated carbocycles. The molecule has 0 unspecified atom stereocenters. The highest BCUT2D eigenvalue weighted by atomic mass is 32.1. The van der Waals surface area contributed by atoms with E-state index < -0.39 is 0 Å².